The maximum atomic E-state index is 9.70. The van der Waals surface area contributed by atoms with E-state index >= 15 is 0 Å². The van der Waals surface area contributed by atoms with Crippen LogP contribution in [0.2, 0.25) is 0 Å². The minimum atomic E-state index is 0.859. The van der Waals surface area contributed by atoms with Gasteiger partial charge in [0.1, 0.15) is 5.94 Å². The Hall–Kier alpha value is -0.810. The molecule has 0 aromatic carbocycles. The molecule has 1 nitrogen and oxygen atoms in total. The molecule has 0 N–H and O–H groups in total. The van der Waals surface area contributed by atoms with E-state index in [-0.39, 0.29) is 0 Å². The van der Waals surface area contributed by atoms with Gasteiger partial charge < -0.3 is 0 Å². The van der Waals surface area contributed by atoms with Crippen molar-refractivity contribution in [1.29, 1.82) is 0 Å². The van der Waals surface area contributed by atoms with E-state index in [0.29, 0.717) is 0 Å². The molecule has 0 rings (SSSR count). The van der Waals surface area contributed by atoms with E-state index in [9.17, 15) is 4.79 Å². The third-order valence-electron chi connectivity index (χ3n) is 1.20. The zero-order valence-corrected chi connectivity index (χ0v) is 6.47. The molecule has 0 aliphatic carbocycles. The summed E-state index contributed by atoms with van der Waals surface area (Å²) in [5.74, 6) is 1.76. The molecule has 10 heavy (non-hydrogen) atoms. The van der Waals surface area contributed by atoms with Gasteiger partial charge in [-0.15, -0.1) is 0 Å². The van der Waals surface area contributed by atoms with E-state index < -0.39 is 0 Å². The van der Waals surface area contributed by atoms with E-state index in [0.717, 1.165) is 25.7 Å². The number of carbonyl (C=O) groups excluding carboxylic acids is 1. The van der Waals surface area contributed by atoms with Crippen LogP contribution >= 0.6 is 0 Å². The van der Waals surface area contributed by atoms with Gasteiger partial charge in [-0.05, 0) is 31.8 Å². The monoisotopic (exact) mass is 138 g/mol. The SMILES string of the molecule is CCC=CCCCC=C=O. The van der Waals surface area contributed by atoms with Gasteiger partial charge in [0.2, 0.25) is 0 Å². The predicted molar refractivity (Wildman–Crippen MR) is 43.5 cm³/mol. The number of allylic oxidation sites excluding steroid dienone is 3. The van der Waals surface area contributed by atoms with Gasteiger partial charge in [0, 0.05) is 0 Å². The molecule has 0 atom stereocenters. The van der Waals surface area contributed by atoms with Crippen molar-refractivity contribution in [3.05, 3.63) is 18.2 Å². The van der Waals surface area contributed by atoms with Crippen LogP contribution in [0.25, 0.3) is 0 Å². The summed E-state index contributed by atoms with van der Waals surface area (Å²) >= 11 is 0. The van der Waals surface area contributed by atoms with Crippen LogP contribution in [0, 0.1) is 0 Å². The highest BCUT2D eigenvalue weighted by atomic mass is 16.1. The van der Waals surface area contributed by atoms with Crippen LogP contribution in [0.15, 0.2) is 18.2 Å². The minimum Gasteiger partial charge on any atom is -0.234 e. The van der Waals surface area contributed by atoms with Gasteiger partial charge in [0.25, 0.3) is 0 Å². The summed E-state index contributed by atoms with van der Waals surface area (Å²) in [4.78, 5) is 9.70. The first-order valence-corrected chi connectivity index (χ1v) is 3.76. The fraction of sp³-hybridized carbons (Fsp3) is 0.556. The molecular weight excluding hydrogens is 124 g/mol. The largest absolute Gasteiger partial charge is 0.234 e. The second-order valence-electron chi connectivity index (χ2n) is 2.13. The summed E-state index contributed by atoms with van der Waals surface area (Å²) in [7, 11) is 0. The molecule has 0 saturated heterocycles. The topological polar surface area (TPSA) is 17.1 Å². The van der Waals surface area contributed by atoms with Crippen molar-refractivity contribution in [3.8, 4) is 0 Å². The molecule has 0 fully saturated rings. The van der Waals surface area contributed by atoms with Crippen molar-refractivity contribution >= 4 is 5.94 Å². The molecule has 1 heteroatoms. The third-order valence-corrected chi connectivity index (χ3v) is 1.20. The Balaban J connectivity index is 3.04. The van der Waals surface area contributed by atoms with Gasteiger partial charge in [-0.25, -0.2) is 4.79 Å². The average Bonchev–Trinajstić information content (AvgIpc) is 1.97. The first kappa shape index (κ1) is 9.19. The highest BCUT2D eigenvalue weighted by Gasteiger charge is 1.78. The Labute approximate surface area is 62.4 Å². The first-order chi connectivity index (χ1) is 4.91. The van der Waals surface area contributed by atoms with Crippen molar-refractivity contribution in [1.82, 2.24) is 0 Å². The van der Waals surface area contributed by atoms with Crippen molar-refractivity contribution in [3.63, 3.8) is 0 Å². The lowest BCUT2D eigenvalue weighted by Crippen LogP contribution is -1.68. The zero-order chi connectivity index (χ0) is 7.66. The van der Waals surface area contributed by atoms with E-state index in [1.165, 1.54) is 0 Å². The van der Waals surface area contributed by atoms with Crippen LogP contribution in [-0.2, 0) is 4.79 Å². The minimum absolute atomic E-state index is 0.859. The quantitative estimate of drug-likeness (QED) is 0.324. The van der Waals surface area contributed by atoms with Crippen LogP contribution in [0.4, 0.5) is 0 Å². The van der Waals surface area contributed by atoms with Crippen molar-refractivity contribution in [2.45, 2.75) is 32.6 Å². The molecule has 0 heterocycles. The van der Waals surface area contributed by atoms with Gasteiger partial charge >= 0.3 is 0 Å². The van der Waals surface area contributed by atoms with E-state index in [2.05, 4.69) is 19.1 Å². The van der Waals surface area contributed by atoms with Crippen molar-refractivity contribution in [2.75, 3.05) is 0 Å². The van der Waals surface area contributed by atoms with Gasteiger partial charge in [-0.1, -0.05) is 19.1 Å². The second-order valence-corrected chi connectivity index (χ2v) is 2.13. The maximum Gasteiger partial charge on any atom is 0.120 e. The smallest absolute Gasteiger partial charge is 0.120 e. The molecule has 0 aromatic heterocycles. The lowest BCUT2D eigenvalue weighted by molar-refractivity contribution is 0.568. The number of rotatable bonds is 5. The van der Waals surface area contributed by atoms with Crippen LogP contribution < -0.4 is 0 Å². The van der Waals surface area contributed by atoms with Crippen molar-refractivity contribution in [2.24, 2.45) is 0 Å². The second kappa shape index (κ2) is 8.19. The summed E-state index contributed by atoms with van der Waals surface area (Å²) in [5, 5.41) is 0. The Morgan fingerprint density at radius 2 is 2.10 bits per heavy atom. The Morgan fingerprint density at radius 3 is 2.70 bits per heavy atom. The predicted octanol–water partition coefficient (Wildman–Crippen LogP) is 2.51. The Kier molecular flexibility index (Phi) is 7.53. The Bertz CT molecular complexity index is 130. The summed E-state index contributed by atoms with van der Waals surface area (Å²) in [6, 6.07) is 0. The fourth-order valence-electron chi connectivity index (χ4n) is 0.681. The molecular formula is C9H14O. The van der Waals surface area contributed by atoms with Gasteiger partial charge in [-0.3, -0.25) is 0 Å². The van der Waals surface area contributed by atoms with E-state index in [1.807, 2.05) is 0 Å². The molecule has 0 bridgehead atoms. The first-order valence-electron chi connectivity index (χ1n) is 3.76. The standard InChI is InChI=1S/C9H14O/c1-2-3-4-5-6-7-8-9-10/h3-4,8H,2,5-7H2,1H3. The molecule has 0 saturated carbocycles. The molecule has 0 aromatic rings. The highest BCUT2D eigenvalue weighted by molar-refractivity contribution is 5.44. The summed E-state index contributed by atoms with van der Waals surface area (Å²) < 4.78 is 0. The van der Waals surface area contributed by atoms with E-state index in [4.69, 9.17) is 0 Å². The summed E-state index contributed by atoms with van der Waals surface area (Å²) in [6.07, 6.45) is 9.93. The number of hydrogen-bond donors (Lipinski definition) is 0. The third kappa shape index (κ3) is 7.19. The van der Waals surface area contributed by atoms with E-state index in [1.54, 1.807) is 12.0 Å². The van der Waals surface area contributed by atoms with Gasteiger partial charge in [-0.2, -0.15) is 0 Å². The lowest BCUT2D eigenvalue weighted by atomic mass is 10.2. The van der Waals surface area contributed by atoms with Crippen LogP contribution in [0.5, 0.6) is 0 Å². The van der Waals surface area contributed by atoms with Crippen molar-refractivity contribution < 1.29 is 4.79 Å². The highest BCUT2D eigenvalue weighted by Crippen LogP contribution is 1.96. The summed E-state index contributed by atoms with van der Waals surface area (Å²) in [6.45, 7) is 2.11. The molecule has 0 amide bonds. The normalized spacial score (nSPS) is 9.70. The summed E-state index contributed by atoms with van der Waals surface area (Å²) in [5.41, 5.74) is 0. The molecule has 0 spiro atoms. The molecule has 0 unspecified atom stereocenters. The molecule has 0 aliphatic rings. The van der Waals surface area contributed by atoms with Gasteiger partial charge in [0.15, 0.2) is 0 Å². The zero-order valence-electron chi connectivity index (χ0n) is 6.47. The fourth-order valence-corrected chi connectivity index (χ4v) is 0.681. The van der Waals surface area contributed by atoms with Gasteiger partial charge in [0.05, 0.1) is 0 Å². The van der Waals surface area contributed by atoms with Crippen LogP contribution in [0.1, 0.15) is 32.6 Å². The number of hydrogen-bond acceptors (Lipinski definition) is 1. The lowest BCUT2D eigenvalue weighted by Gasteiger charge is -1.86. The van der Waals surface area contributed by atoms with Crippen LogP contribution in [0.3, 0.4) is 0 Å². The average molecular weight is 138 g/mol. The molecule has 0 aliphatic heterocycles. The molecule has 0 radical (unpaired) electrons. The molecule has 56 valence electrons. The number of unbranched alkanes of at least 4 members (excludes halogenated alkanes) is 2. The van der Waals surface area contributed by atoms with Crippen LogP contribution in [-0.4, -0.2) is 5.94 Å². The maximum absolute atomic E-state index is 9.70. The Morgan fingerprint density at radius 1 is 1.30 bits per heavy atom.